The van der Waals surface area contributed by atoms with Crippen molar-refractivity contribution >= 4 is 67.8 Å². The molecule has 0 aromatic heterocycles. The first-order chi connectivity index (χ1) is 13.4. The van der Waals surface area contributed by atoms with Gasteiger partial charge in [-0.3, -0.25) is 14.5 Å². The number of nitrogens with zero attached hydrogens (tertiary/aromatic N) is 1. The van der Waals surface area contributed by atoms with Crippen LogP contribution in [0.1, 0.15) is 12.5 Å². The first-order valence-corrected chi connectivity index (χ1v) is 10.5. The molecule has 1 fully saturated rings. The second-order valence-electron chi connectivity index (χ2n) is 6.13. The van der Waals surface area contributed by atoms with Crippen LogP contribution in [-0.4, -0.2) is 27.6 Å². The second kappa shape index (κ2) is 9.32. The number of thioether (sulfide) groups is 1. The molecule has 2 amide bonds. The summed E-state index contributed by atoms with van der Waals surface area (Å²) in [5.74, 6) is -0.549. The molecular formula is C21H17BrN2O2S2. The van der Waals surface area contributed by atoms with Gasteiger partial charge >= 0.3 is 0 Å². The Balaban J connectivity index is 1.67. The standard InChI is InChI=1S/C21H17BrN2O2S2/c1-14(10-15-6-3-2-4-7-15)11-18-20(26)24(21(27)28-18)13-19(25)23-17-9-5-8-16(22)12-17/h2-12H,13H2,1H3,(H,23,25)/b14-10+,18-11-. The van der Waals surface area contributed by atoms with Crippen LogP contribution < -0.4 is 5.32 Å². The molecule has 0 unspecified atom stereocenters. The summed E-state index contributed by atoms with van der Waals surface area (Å²) >= 11 is 9.87. The summed E-state index contributed by atoms with van der Waals surface area (Å²) in [6.45, 7) is 1.81. The van der Waals surface area contributed by atoms with Crippen LogP contribution in [0.15, 0.2) is 75.6 Å². The third kappa shape index (κ3) is 5.41. The zero-order valence-corrected chi connectivity index (χ0v) is 18.2. The van der Waals surface area contributed by atoms with Gasteiger partial charge in [0.1, 0.15) is 10.9 Å². The molecule has 0 radical (unpaired) electrons. The number of benzene rings is 2. The van der Waals surface area contributed by atoms with E-state index in [0.29, 0.717) is 14.9 Å². The average Bonchev–Trinajstić information content (AvgIpc) is 2.90. The van der Waals surface area contributed by atoms with Crippen LogP contribution >= 0.6 is 39.9 Å². The Labute approximate surface area is 181 Å². The van der Waals surface area contributed by atoms with Gasteiger partial charge in [-0.1, -0.05) is 82.4 Å². The Morgan fingerprint density at radius 1 is 1.21 bits per heavy atom. The molecule has 7 heteroatoms. The Kier molecular flexibility index (Phi) is 6.83. The zero-order valence-electron chi connectivity index (χ0n) is 15.0. The molecule has 0 saturated carbocycles. The number of rotatable bonds is 5. The van der Waals surface area contributed by atoms with Gasteiger partial charge in [-0.2, -0.15) is 0 Å². The molecule has 1 aliphatic heterocycles. The fraction of sp³-hybridized carbons (Fsp3) is 0.0952. The van der Waals surface area contributed by atoms with Crippen LogP contribution in [-0.2, 0) is 9.59 Å². The summed E-state index contributed by atoms with van der Waals surface area (Å²) in [4.78, 5) is 26.8. The van der Waals surface area contributed by atoms with Gasteiger partial charge in [-0.25, -0.2) is 0 Å². The van der Waals surface area contributed by atoms with Gasteiger partial charge in [0.25, 0.3) is 5.91 Å². The number of allylic oxidation sites excluding steroid dienone is 2. The van der Waals surface area contributed by atoms with Crippen LogP contribution in [0.2, 0.25) is 0 Å². The smallest absolute Gasteiger partial charge is 0.266 e. The minimum Gasteiger partial charge on any atom is -0.324 e. The molecule has 1 saturated heterocycles. The molecule has 0 bridgehead atoms. The fourth-order valence-corrected chi connectivity index (χ4v) is 4.31. The maximum atomic E-state index is 12.7. The minimum absolute atomic E-state index is 0.115. The van der Waals surface area contributed by atoms with E-state index in [-0.39, 0.29) is 18.4 Å². The molecule has 1 aliphatic rings. The average molecular weight is 473 g/mol. The summed E-state index contributed by atoms with van der Waals surface area (Å²) < 4.78 is 1.24. The van der Waals surface area contributed by atoms with Gasteiger partial charge < -0.3 is 5.32 Å². The number of hydrogen-bond donors (Lipinski definition) is 1. The van der Waals surface area contributed by atoms with E-state index in [2.05, 4.69) is 21.2 Å². The molecule has 2 aromatic rings. The van der Waals surface area contributed by atoms with Crippen molar-refractivity contribution in [3.05, 3.63) is 81.2 Å². The molecule has 0 spiro atoms. The normalized spacial score (nSPS) is 16.0. The molecule has 3 rings (SSSR count). The SMILES string of the molecule is CC(/C=C1\SC(=S)N(CC(=O)Nc2cccc(Br)c2)C1=O)=C\c1ccccc1. The summed E-state index contributed by atoms with van der Waals surface area (Å²) in [6.07, 6.45) is 3.80. The first-order valence-electron chi connectivity index (χ1n) is 8.46. The maximum Gasteiger partial charge on any atom is 0.266 e. The van der Waals surface area contributed by atoms with Crippen molar-refractivity contribution in [3.63, 3.8) is 0 Å². The van der Waals surface area contributed by atoms with Crippen LogP contribution in [0.25, 0.3) is 6.08 Å². The lowest BCUT2D eigenvalue weighted by Crippen LogP contribution is -2.36. The third-order valence-corrected chi connectivity index (χ3v) is 5.71. The molecule has 0 aliphatic carbocycles. The van der Waals surface area contributed by atoms with Gasteiger partial charge in [0.2, 0.25) is 5.91 Å². The van der Waals surface area contributed by atoms with Crippen LogP contribution in [0.3, 0.4) is 0 Å². The lowest BCUT2D eigenvalue weighted by molar-refractivity contribution is -0.126. The zero-order chi connectivity index (χ0) is 20.1. The minimum atomic E-state index is -0.299. The van der Waals surface area contributed by atoms with Gasteiger partial charge in [-0.05, 0) is 42.3 Å². The Morgan fingerprint density at radius 2 is 1.96 bits per heavy atom. The van der Waals surface area contributed by atoms with E-state index < -0.39 is 0 Å². The number of carbonyl (C=O) groups is 2. The molecule has 28 heavy (non-hydrogen) atoms. The van der Waals surface area contributed by atoms with Crippen molar-refractivity contribution in [2.75, 3.05) is 11.9 Å². The highest BCUT2D eigenvalue weighted by Gasteiger charge is 2.33. The van der Waals surface area contributed by atoms with E-state index in [1.807, 2.05) is 55.5 Å². The Bertz CT molecular complexity index is 987. The van der Waals surface area contributed by atoms with Crippen LogP contribution in [0.5, 0.6) is 0 Å². The van der Waals surface area contributed by atoms with Crippen molar-refractivity contribution in [3.8, 4) is 0 Å². The topological polar surface area (TPSA) is 49.4 Å². The molecule has 1 heterocycles. The quantitative estimate of drug-likeness (QED) is 0.477. The van der Waals surface area contributed by atoms with E-state index in [4.69, 9.17) is 12.2 Å². The Hall–Kier alpha value is -2.22. The van der Waals surface area contributed by atoms with Crippen molar-refractivity contribution in [2.24, 2.45) is 0 Å². The van der Waals surface area contributed by atoms with Gasteiger partial charge in [0, 0.05) is 10.2 Å². The van der Waals surface area contributed by atoms with Crippen molar-refractivity contribution in [1.82, 2.24) is 4.90 Å². The molecule has 2 aromatic carbocycles. The highest BCUT2D eigenvalue weighted by molar-refractivity contribution is 9.10. The number of carbonyl (C=O) groups excluding carboxylic acids is 2. The monoisotopic (exact) mass is 472 g/mol. The first kappa shape index (κ1) is 20.5. The van der Waals surface area contributed by atoms with Crippen LogP contribution in [0.4, 0.5) is 5.69 Å². The van der Waals surface area contributed by atoms with E-state index >= 15 is 0 Å². The van der Waals surface area contributed by atoms with E-state index in [1.165, 1.54) is 16.7 Å². The highest BCUT2D eigenvalue weighted by Crippen LogP contribution is 2.32. The molecule has 142 valence electrons. The lowest BCUT2D eigenvalue weighted by Gasteiger charge is -2.14. The fourth-order valence-electron chi connectivity index (χ4n) is 2.61. The van der Waals surface area contributed by atoms with Gasteiger partial charge in [0.05, 0.1) is 4.91 Å². The highest BCUT2D eigenvalue weighted by atomic mass is 79.9. The van der Waals surface area contributed by atoms with E-state index in [9.17, 15) is 9.59 Å². The predicted molar refractivity (Wildman–Crippen MR) is 123 cm³/mol. The number of amides is 2. The number of hydrogen-bond acceptors (Lipinski definition) is 4. The third-order valence-electron chi connectivity index (χ3n) is 3.84. The predicted octanol–water partition coefficient (Wildman–Crippen LogP) is 5.24. The second-order valence-corrected chi connectivity index (χ2v) is 8.72. The molecular weight excluding hydrogens is 456 g/mol. The summed E-state index contributed by atoms with van der Waals surface area (Å²) in [5.41, 5.74) is 2.65. The van der Waals surface area contributed by atoms with Crippen molar-refractivity contribution in [1.29, 1.82) is 0 Å². The molecule has 0 atom stereocenters. The van der Waals surface area contributed by atoms with Crippen molar-refractivity contribution in [2.45, 2.75) is 6.92 Å². The molecule has 4 nitrogen and oxygen atoms in total. The van der Waals surface area contributed by atoms with Crippen molar-refractivity contribution < 1.29 is 9.59 Å². The van der Waals surface area contributed by atoms with Gasteiger partial charge in [0.15, 0.2) is 0 Å². The number of thiocarbonyl (C=S) groups is 1. The summed E-state index contributed by atoms with van der Waals surface area (Å²) in [6, 6.07) is 17.1. The lowest BCUT2D eigenvalue weighted by atomic mass is 10.1. The number of halogens is 1. The molecule has 1 N–H and O–H groups in total. The van der Waals surface area contributed by atoms with E-state index in [0.717, 1.165) is 15.6 Å². The summed E-state index contributed by atoms with van der Waals surface area (Å²) in [5, 5.41) is 2.78. The van der Waals surface area contributed by atoms with Gasteiger partial charge in [-0.15, -0.1) is 0 Å². The number of nitrogens with one attached hydrogen (secondary N) is 1. The number of anilines is 1. The maximum absolute atomic E-state index is 12.7. The largest absolute Gasteiger partial charge is 0.324 e. The van der Waals surface area contributed by atoms with E-state index in [1.54, 1.807) is 18.2 Å². The summed E-state index contributed by atoms with van der Waals surface area (Å²) in [7, 11) is 0. The van der Waals surface area contributed by atoms with Crippen LogP contribution in [0, 0.1) is 0 Å². The Morgan fingerprint density at radius 3 is 2.68 bits per heavy atom.